The molecule has 0 bridgehead atoms. The molecule has 2 fully saturated rings. The molecular weight excluding hydrogens is 1070 g/mol. The fourth-order valence-electron chi connectivity index (χ4n) is 9.72. The summed E-state index contributed by atoms with van der Waals surface area (Å²) in [6, 6.07) is 56.6. The van der Waals surface area contributed by atoms with E-state index in [0.717, 1.165) is 6.92 Å². The average molecular weight is 1120 g/mol. The molecule has 18 nitrogen and oxygen atoms in total. The maximum atomic E-state index is 14.6. The zero-order valence-corrected chi connectivity index (χ0v) is 44.2. The lowest BCUT2D eigenvalue weighted by atomic mass is 9.79. The van der Waals surface area contributed by atoms with Crippen LogP contribution in [0.15, 0.2) is 218 Å². The minimum absolute atomic E-state index is 0.00889. The second-order valence-corrected chi connectivity index (χ2v) is 19.1. The van der Waals surface area contributed by atoms with E-state index in [1.54, 1.807) is 146 Å². The lowest BCUT2D eigenvalue weighted by Crippen LogP contribution is -2.67. The molecule has 8 aromatic carbocycles. The van der Waals surface area contributed by atoms with Crippen LogP contribution >= 0.6 is 0 Å². The quantitative estimate of drug-likeness (QED) is 0.0509. The first-order valence-corrected chi connectivity index (χ1v) is 26.2. The van der Waals surface area contributed by atoms with E-state index in [9.17, 15) is 38.7 Å². The number of carbonyl (C=O) groups is 7. The van der Waals surface area contributed by atoms with Crippen LogP contribution in [0.2, 0.25) is 0 Å². The van der Waals surface area contributed by atoms with Crippen molar-refractivity contribution < 1.29 is 86.0 Å². The predicted octanol–water partition coefficient (Wildman–Crippen LogP) is 9.04. The van der Waals surface area contributed by atoms with Crippen molar-refractivity contribution >= 4 is 52.6 Å². The number of hydrogen-bond acceptors (Lipinski definition) is 18. The van der Waals surface area contributed by atoms with E-state index in [4.69, 9.17) is 47.4 Å². The van der Waals surface area contributed by atoms with Gasteiger partial charge in [0, 0.05) is 12.5 Å². The molecule has 0 aliphatic carbocycles. The zero-order chi connectivity index (χ0) is 57.9. The molecule has 0 saturated carbocycles. The van der Waals surface area contributed by atoms with Crippen LogP contribution in [0.3, 0.4) is 0 Å². The van der Waals surface area contributed by atoms with Crippen LogP contribution in [0.4, 0.5) is 0 Å². The highest BCUT2D eigenvalue weighted by atomic mass is 16.8. The van der Waals surface area contributed by atoms with Crippen molar-refractivity contribution in [3.63, 3.8) is 0 Å². The van der Waals surface area contributed by atoms with Gasteiger partial charge in [0.1, 0.15) is 24.6 Å². The van der Waals surface area contributed by atoms with Crippen molar-refractivity contribution in [2.45, 2.75) is 61.7 Å². The van der Waals surface area contributed by atoms with E-state index >= 15 is 0 Å². The number of fused-ring (bicyclic) bond motifs is 1. The molecule has 420 valence electrons. The van der Waals surface area contributed by atoms with E-state index in [1.165, 1.54) is 72.8 Å². The van der Waals surface area contributed by atoms with Gasteiger partial charge < -0.3 is 52.5 Å². The lowest BCUT2D eigenvalue weighted by molar-refractivity contribution is -0.357. The van der Waals surface area contributed by atoms with Crippen LogP contribution < -0.4 is 4.74 Å². The van der Waals surface area contributed by atoms with Gasteiger partial charge in [-0.2, -0.15) is 0 Å². The minimum Gasteiger partial charge on any atom is -0.459 e. The van der Waals surface area contributed by atoms with Crippen molar-refractivity contribution in [1.82, 2.24) is 0 Å². The van der Waals surface area contributed by atoms with Gasteiger partial charge in [0.2, 0.25) is 11.9 Å². The first-order valence-electron chi connectivity index (χ1n) is 26.2. The molecule has 2 saturated heterocycles. The van der Waals surface area contributed by atoms with Crippen LogP contribution in [-0.4, -0.2) is 109 Å². The number of carbonyl (C=O) groups excluding carboxylic acids is 7. The Kier molecular flexibility index (Phi) is 17.5. The molecule has 9 atom stereocenters. The molecule has 0 amide bonds. The van der Waals surface area contributed by atoms with Crippen LogP contribution in [0, 0.1) is 0 Å². The third-order valence-electron chi connectivity index (χ3n) is 13.6. The topological polar surface area (TPSA) is 232 Å². The van der Waals surface area contributed by atoms with Gasteiger partial charge in [-0.3, -0.25) is 4.79 Å². The summed E-state index contributed by atoms with van der Waals surface area (Å²) in [5, 5.41) is 13.2. The largest absolute Gasteiger partial charge is 0.459 e. The molecule has 0 spiro atoms. The van der Waals surface area contributed by atoms with Gasteiger partial charge in [0.25, 0.3) is 0 Å². The molecule has 8 aromatic rings. The van der Waals surface area contributed by atoms with E-state index in [-0.39, 0.29) is 50.1 Å². The van der Waals surface area contributed by atoms with Crippen molar-refractivity contribution in [3.05, 3.63) is 257 Å². The first kappa shape index (κ1) is 56.4. The van der Waals surface area contributed by atoms with Gasteiger partial charge in [-0.15, -0.1) is 0 Å². The Morgan fingerprint density at radius 2 is 0.952 bits per heavy atom. The molecule has 0 aromatic heterocycles. The van der Waals surface area contributed by atoms with Gasteiger partial charge in [-0.1, -0.05) is 133 Å². The van der Waals surface area contributed by atoms with Crippen LogP contribution in [0.5, 0.6) is 5.75 Å². The molecule has 10 rings (SSSR count). The summed E-state index contributed by atoms with van der Waals surface area (Å²) in [4.78, 5) is 98.4. The summed E-state index contributed by atoms with van der Waals surface area (Å²) in [5.41, 5.74) is -2.04. The third-order valence-corrected chi connectivity index (χ3v) is 13.6. The number of ether oxygens (including phenoxy) is 10. The Morgan fingerprint density at radius 3 is 1.46 bits per heavy atom. The standard InChI is InChI=1S/C65H52O18/c1-40(66)76-56-52(39-75-64(73)65(56,83-62(72)46-31-18-7-19-32-46)50-34-20-33-47-37-48(35-36-49(47)50)77-58(68)42-23-10-3-11-24-42)79-63-55(82-61(71)45-29-16-6-17-30-45)54(81-60(70)44-27-14-5-15-28-44)53(80-59(69)43-25-12-4-13-26-43)51(78-63)38-74-57(67)41-21-8-2-9-22-41/h2-37,51-56,63-64,73H,38-39H2,1H3/t51-,52-,53+,54+,55-,56+,63+,64+,65-/m1/s1. The highest BCUT2D eigenvalue weighted by Crippen LogP contribution is 2.46. The molecule has 18 heteroatoms. The van der Waals surface area contributed by atoms with Crippen molar-refractivity contribution in [2.75, 3.05) is 13.2 Å². The first-order chi connectivity index (χ1) is 40.4. The second-order valence-electron chi connectivity index (χ2n) is 19.1. The third kappa shape index (κ3) is 12.9. The number of esters is 7. The van der Waals surface area contributed by atoms with E-state index in [1.807, 2.05) is 0 Å². The van der Waals surface area contributed by atoms with Crippen LogP contribution in [0.25, 0.3) is 10.8 Å². The van der Waals surface area contributed by atoms with Gasteiger partial charge in [-0.25, -0.2) is 28.8 Å². The monoisotopic (exact) mass is 1120 g/mol. The molecule has 2 aliphatic heterocycles. The summed E-state index contributed by atoms with van der Waals surface area (Å²) in [6.07, 6.45) is -15.0. The second kappa shape index (κ2) is 25.7. The van der Waals surface area contributed by atoms with E-state index in [2.05, 4.69) is 0 Å². The fraction of sp³-hybridized carbons (Fsp3) is 0.185. The fourth-order valence-corrected chi connectivity index (χ4v) is 9.72. The van der Waals surface area contributed by atoms with E-state index < -0.39 is 110 Å². The predicted molar refractivity (Wildman–Crippen MR) is 294 cm³/mol. The number of benzene rings is 8. The Hall–Kier alpha value is -9.85. The molecular formula is C65H52O18. The Balaban J connectivity index is 1.11. The summed E-state index contributed by atoms with van der Waals surface area (Å²) < 4.78 is 62.7. The highest BCUT2D eigenvalue weighted by molar-refractivity contribution is 5.95. The normalized spacial score (nSPS) is 22.0. The smallest absolute Gasteiger partial charge is 0.343 e. The average Bonchev–Trinajstić information content (AvgIpc) is 1.33. The number of rotatable bonds is 17. The Morgan fingerprint density at radius 1 is 0.494 bits per heavy atom. The molecule has 0 radical (unpaired) electrons. The van der Waals surface area contributed by atoms with Gasteiger partial charge in [-0.05, 0) is 95.7 Å². The van der Waals surface area contributed by atoms with Gasteiger partial charge in [0.15, 0.2) is 30.7 Å². The maximum Gasteiger partial charge on any atom is 0.343 e. The number of hydrogen-bond donors (Lipinski definition) is 1. The molecule has 2 aliphatic rings. The maximum absolute atomic E-state index is 14.6. The number of aliphatic hydroxyl groups is 1. The van der Waals surface area contributed by atoms with Crippen molar-refractivity contribution in [1.29, 1.82) is 0 Å². The van der Waals surface area contributed by atoms with Crippen molar-refractivity contribution in [2.24, 2.45) is 0 Å². The summed E-state index contributed by atoms with van der Waals surface area (Å²) >= 11 is 0. The Labute approximate surface area is 474 Å². The van der Waals surface area contributed by atoms with Crippen LogP contribution in [-0.2, 0) is 53.0 Å². The summed E-state index contributed by atoms with van der Waals surface area (Å²) in [6.45, 7) is -0.311. The minimum atomic E-state index is -2.58. The Bertz CT molecular complexity index is 3590. The molecule has 1 N–H and O–H groups in total. The van der Waals surface area contributed by atoms with E-state index in [0.29, 0.717) is 5.39 Å². The molecule has 83 heavy (non-hydrogen) atoms. The SMILES string of the molecule is CC(=O)O[C@H]1[C@H](O[C@@H]2O[C@H](COC(=O)c3ccccc3)[C@H](OC(=O)c3ccccc3)[C@H](OC(=O)c3ccccc3)[C@H]2OC(=O)c2ccccc2)CO[C@H](O)[C@@]1(OC(=O)c1ccccc1)c1cccc2cc(OC(=O)c3ccccc3)ccc12. The lowest BCUT2D eigenvalue weighted by Gasteiger charge is -2.50. The molecule has 0 unspecified atom stereocenters. The number of aliphatic hydroxyl groups excluding tert-OH is 1. The summed E-state index contributed by atoms with van der Waals surface area (Å²) in [7, 11) is 0. The van der Waals surface area contributed by atoms with Crippen molar-refractivity contribution in [3.8, 4) is 5.75 Å². The molecule has 2 heterocycles. The van der Waals surface area contributed by atoms with Crippen LogP contribution in [0.1, 0.15) is 74.6 Å². The van der Waals surface area contributed by atoms with Gasteiger partial charge >= 0.3 is 41.8 Å². The highest BCUT2D eigenvalue weighted by Gasteiger charge is 2.63. The summed E-state index contributed by atoms with van der Waals surface area (Å²) in [5.74, 6) is -6.26. The zero-order valence-electron chi connectivity index (χ0n) is 44.2. The van der Waals surface area contributed by atoms with Gasteiger partial charge in [0.05, 0.1) is 40.0 Å².